The molecule has 24 heavy (non-hydrogen) atoms. The molecule has 0 saturated carbocycles. The van der Waals surface area contributed by atoms with Gasteiger partial charge in [0, 0.05) is 26.7 Å². The zero-order chi connectivity index (χ0) is 17.7. The molecule has 0 bridgehead atoms. The Hall–Kier alpha value is -1.71. The molecule has 8 nitrogen and oxygen atoms in total. The van der Waals surface area contributed by atoms with E-state index in [0.29, 0.717) is 18.2 Å². The lowest BCUT2D eigenvalue weighted by Gasteiger charge is -2.22. The first kappa shape index (κ1) is 18.6. The monoisotopic (exact) mass is 356 g/mol. The fraction of sp³-hybridized carbons (Fsp3) is 0.600. The zero-order valence-corrected chi connectivity index (χ0v) is 14.8. The van der Waals surface area contributed by atoms with E-state index in [1.165, 1.54) is 26.2 Å². The van der Waals surface area contributed by atoms with Gasteiger partial charge in [-0.15, -0.1) is 0 Å². The van der Waals surface area contributed by atoms with Crippen LogP contribution in [0.4, 0.5) is 11.4 Å². The number of piperidine rings is 1. The second-order valence-corrected chi connectivity index (χ2v) is 8.30. The van der Waals surface area contributed by atoms with E-state index in [1.54, 1.807) is 0 Å². The van der Waals surface area contributed by atoms with Gasteiger partial charge in [0.2, 0.25) is 10.0 Å². The molecule has 2 N–H and O–H groups in total. The number of nitrogens with zero attached hydrogens (tertiary/aromatic N) is 2. The minimum atomic E-state index is -3.69. The van der Waals surface area contributed by atoms with Crippen molar-refractivity contribution < 1.29 is 13.3 Å². The number of sulfonamides is 1. The molecule has 0 aromatic heterocycles. The summed E-state index contributed by atoms with van der Waals surface area (Å²) in [4.78, 5) is 10.6. The maximum Gasteiger partial charge on any atom is 0.293 e. The highest BCUT2D eigenvalue weighted by molar-refractivity contribution is 7.89. The van der Waals surface area contributed by atoms with Crippen LogP contribution in [0, 0.1) is 16.0 Å². The van der Waals surface area contributed by atoms with Crippen molar-refractivity contribution >= 4 is 21.4 Å². The van der Waals surface area contributed by atoms with Crippen LogP contribution in [0.1, 0.15) is 19.3 Å². The van der Waals surface area contributed by atoms with E-state index in [0.717, 1.165) is 42.7 Å². The largest absolute Gasteiger partial charge is 0.379 e. The van der Waals surface area contributed by atoms with E-state index in [1.807, 2.05) is 0 Å². The Morgan fingerprint density at radius 3 is 2.75 bits per heavy atom. The maximum atomic E-state index is 12.1. The lowest BCUT2D eigenvalue weighted by Crippen LogP contribution is -2.30. The third-order valence-corrected chi connectivity index (χ3v) is 6.02. The fourth-order valence-corrected chi connectivity index (χ4v) is 3.69. The highest BCUT2D eigenvalue weighted by Crippen LogP contribution is 2.28. The quantitative estimate of drug-likeness (QED) is 0.568. The highest BCUT2D eigenvalue weighted by Gasteiger charge is 2.23. The summed E-state index contributed by atoms with van der Waals surface area (Å²) in [5.74, 6) is 0.568. The van der Waals surface area contributed by atoms with Gasteiger partial charge < -0.3 is 10.6 Å². The molecule has 1 saturated heterocycles. The molecule has 1 atom stereocenters. The number of hydrogen-bond donors (Lipinski definition) is 2. The standard InChI is InChI=1S/C15H24N4O4S/c1-18(2)24(22,23)13-5-6-14(15(10-13)19(20)21)17-9-7-12-4-3-8-16-11-12/h5-6,10,12,16-17H,3-4,7-9,11H2,1-2H3. The molecule has 1 fully saturated rings. The molecular weight excluding hydrogens is 332 g/mol. The van der Waals surface area contributed by atoms with E-state index in [2.05, 4.69) is 10.6 Å². The average molecular weight is 356 g/mol. The lowest BCUT2D eigenvalue weighted by atomic mass is 9.96. The smallest absolute Gasteiger partial charge is 0.293 e. The third-order valence-electron chi connectivity index (χ3n) is 4.21. The van der Waals surface area contributed by atoms with Crippen LogP contribution in [0.2, 0.25) is 0 Å². The first-order valence-corrected chi connectivity index (χ1v) is 9.42. The van der Waals surface area contributed by atoms with Gasteiger partial charge in [-0.25, -0.2) is 12.7 Å². The van der Waals surface area contributed by atoms with Crippen LogP contribution in [0.5, 0.6) is 0 Å². The van der Waals surface area contributed by atoms with Crippen molar-refractivity contribution in [3.63, 3.8) is 0 Å². The highest BCUT2D eigenvalue weighted by atomic mass is 32.2. The third kappa shape index (κ3) is 4.43. The van der Waals surface area contributed by atoms with Crippen LogP contribution in [-0.4, -0.2) is 51.4 Å². The normalized spacial score (nSPS) is 18.5. The van der Waals surface area contributed by atoms with Crippen molar-refractivity contribution in [2.24, 2.45) is 5.92 Å². The fourth-order valence-electron chi connectivity index (χ4n) is 2.76. The summed E-state index contributed by atoms with van der Waals surface area (Å²) in [7, 11) is -0.906. The Balaban J connectivity index is 2.10. The van der Waals surface area contributed by atoms with Gasteiger partial charge in [-0.3, -0.25) is 10.1 Å². The number of rotatable bonds is 7. The Kier molecular flexibility index (Phi) is 6.14. The van der Waals surface area contributed by atoms with Crippen LogP contribution in [0.3, 0.4) is 0 Å². The van der Waals surface area contributed by atoms with Crippen molar-refractivity contribution in [2.75, 3.05) is 39.0 Å². The molecular formula is C15H24N4O4S. The lowest BCUT2D eigenvalue weighted by molar-refractivity contribution is -0.384. The number of nitro benzene ring substituents is 1. The predicted molar refractivity (Wildman–Crippen MR) is 92.7 cm³/mol. The minimum Gasteiger partial charge on any atom is -0.379 e. The van der Waals surface area contributed by atoms with Crippen LogP contribution < -0.4 is 10.6 Å². The molecule has 0 aliphatic carbocycles. The zero-order valence-electron chi connectivity index (χ0n) is 14.0. The van der Waals surface area contributed by atoms with Gasteiger partial charge in [0.05, 0.1) is 9.82 Å². The van der Waals surface area contributed by atoms with Gasteiger partial charge >= 0.3 is 0 Å². The molecule has 1 heterocycles. The molecule has 1 aromatic rings. The van der Waals surface area contributed by atoms with Gasteiger partial charge in [0.1, 0.15) is 5.69 Å². The van der Waals surface area contributed by atoms with Crippen LogP contribution >= 0.6 is 0 Å². The first-order chi connectivity index (χ1) is 11.3. The van der Waals surface area contributed by atoms with Gasteiger partial charge in [-0.1, -0.05) is 0 Å². The molecule has 1 aliphatic rings. The molecule has 2 rings (SSSR count). The Morgan fingerprint density at radius 1 is 1.42 bits per heavy atom. The summed E-state index contributed by atoms with van der Waals surface area (Å²) in [6.45, 7) is 2.65. The summed E-state index contributed by atoms with van der Waals surface area (Å²) >= 11 is 0. The molecule has 0 spiro atoms. The Morgan fingerprint density at radius 2 is 2.17 bits per heavy atom. The van der Waals surface area contributed by atoms with E-state index in [9.17, 15) is 18.5 Å². The van der Waals surface area contributed by atoms with Gasteiger partial charge in [-0.05, 0) is 50.4 Å². The van der Waals surface area contributed by atoms with Crippen molar-refractivity contribution in [2.45, 2.75) is 24.2 Å². The van der Waals surface area contributed by atoms with Gasteiger partial charge in [-0.2, -0.15) is 0 Å². The molecule has 1 aliphatic heterocycles. The van der Waals surface area contributed by atoms with Crippen molar-refractivity contribution in [1.82, 2.24) is 9.62 Å². The van der Waals surface area contributed by atoms with Crippen molar-refractivity contribution in [3.8, 4) is 0 Å². The van der Waals surface area contributed by atoms with Crippen molar-refractivity contribution in [3.05, 3.63) is 28.3 Å². The van der Waals surface area contributed by atoms with Crippen molar-refractivity contribution in [1.29, 1.82) is 0 Å². The van der Waals surface area contributed by atoms with Gasteiger partial charge in [0.25, 0.3) is 5.69 Å². The summed E-state index contributed by atoms with van der Waals surface area (Å²) < 4.78 is 25.3. The molecule has 0 amide bonds. The average Bonchev–Trinajstić information content (AvgIpc) is 2.55. The maximum absolute atomic E-state index is 12.1. The van der Waals surface area contributed by atoms with E-state index in [-0.39, 0.29) is 10.6 Å². The van der Waals surface area contributed by atoms with E-state index < -0.39 is 14.9 Å². The molecule has 1 unspecified atom stereocenters. The SMILES string of the molecule is CN(C)S(=O)(=O)c1ccc(NCCC2CCCNC2)c([N+](=O)[O-])c1. The first-order valence-electron chi connectivity index (χ1n) is 7.98. The number of benzene rings is 1. The predicted octanol–water partition coefficient (Wildman–Crippen LogP) is 1.65. The second kappa shape index (κ2) is 7.91. The molecule has 0 radical (unpaired) electrons. The number of hydrogen-bond acceptors (Lipinski definition) is 6. The summed E-state index contributed by atoms with van der Waals surface area (Å²) in [5, 5.41) is 17.7. The van der Waals surface area contributed by atoms with E-state index in [4.69, 9.17) is 0 Å². The number of nitrogens with one attached hydrogen (secondary N) is 2. The molecule has 134 valence electrons. The second-order valence-electron chi connectivity index (χ2n) is 6.15. The van der Waals surface area contributed by atoms with E-state index >= 15 is 0 Å². The Labute approximate surface area is 142 Å². The Bertz CT molecular complexity index is 685. The number of anilines is 1. The number of nitro groups is 1. The summed E-state index contributed by atoms with van der Waals surface area (Å²) in [5.41, 5.74) is 0.126. The van der Waals surface area contributed by atoms with Crippen LogP contribution in [0.25, 0.3) is 0 Å². The molecule has 1 aromatic carbocycles. The van der Waals surface area contributed by atoms with Crippen LogP contribution in [-0.2, 0) is 10.0 Å². The van der Waals surface area contributed by atoms with Crippen LogP contribution in [0.15, 0.2) is 23.1 Å². The topological polar surface area (TPSA) is 105 Å². The molecule has 9 heteroatoms. The summed E-state index contributed by atoms with van der Waals surface area (Å²) in [6.07, 6.45) is 3.24. The summed E-state index contributed by atoms with van der Waals surface area (Å²) in [6, 6.07) is 3.97. The van der Waals surface area contributed by atoms with Gasteiger partial charge in [0.15, 0.2) is 0 Å². The minimum absolute atomic E-state index is 0.0822.